The third-order valence-electron chi connectivity index (χ3n) is 14.5. The molecule has 4 nitrogen and oxygen atoms in total. The molecular weight excluding hydrogens is 801 g/mol. The van der Waals surface area contributed by atoms with E-state index < -0.39 is 0 Å². The largest absolute Gasteiger partial charge is 0.310 e. The highest BCUT2D eigenvalue weighted by Gasteiger charge is 2.19. The third kappa shape index (κ3) is 5.15. The van der Waals surface area contributed by atoms with Crippen LogP contribution in [0.1, 0.15) is 22.3 Å². The van der Waals surface area contributed by atoms with Gasteiger partial charge in [0.05, 0.1) is 33.1 Å². The second-order valence-electron chi connectivity index (χ2n) is 18.5. The maximum absolute atomic E-state index is 2.54. The van der Waals surface area contributed by atoms with Crippen LogP contribution in [0, 0.1) is 27.7 Å². The van der Waals surface area contributed by atoms with Crippen LogP contribution in [0.2, 0.25) is 0 Å². The molecule has 0 fully saturated rings. The number of aromatic nitrogens is 4. The van der Waals surface area contributed by atoms with Crippen molar-refractivity contribution in [2.75, 3.05) is 0 Å². The van der Waals surface area contributed by atoms with E-state index in [2.05, 4.69) is 240 Å². The number of hydrogen-bond acceptors (Lipinski definition) is 0. The molecule has 312 valence electrons. The fraction of sp³-hybridized carbons (Fsp3) is 0.0645. The highest BCUT2D eigenvalue weighted by atomic mass is 15.0. The van der Waals surface area contributed by atoms with Crippen LogP contribution in [0.4, 0.5) is 0 Å². The summed E-state index contributed by atoms with van der Waals surface area (Å²) in [4.78, 5) is 0. The van der Waals surface area contributed by atoms with Crippen LogP contribution in [0.15, 0.2) is 194 Å². The highest BCUT2D eigenvalue weighted by molar-refractivity contribution is 6.29. The van der Waals surface area contributed by atoms with Crippen molar-refractivity contribution in [2.45, 2.75) is 27.7 Å². The molecular formula is C62H44N4. The molecule has 0 saturated heterocycles. The van der Waals surface area contributed by atoms with E-state index in [1.54, 1.807) is 0 Å². The van der Waals surface area contributed by atoms with Crippen molar-refractivity contribution in [1.29, 1.82) is 0 Å². The highest BCUT2D eigenvalue weighted by Crippen LogP contribution is 2.42. The van der Waals surface area contributed by atoms with Gasteiger partial charge in [-0.1, -0.05) is 120 Å². The van der Waals surface area contributed by atoms with E-state index in [9.17, 15) is 0 Å². The van der Waals surface area contributed by atoms with Crippen molar-refractivity contribution in [3.05, 3.63) is 216 Å². The molecule has 0 radical (unpaired) electrons. The van der Waals surface area contributed by atoms with Crippen molar-refractivity contribution >= 4 is 109 Å². The van der Waals surface area contributed by atoms with Crippen LogP contribution in [0.25, 0.3) is 120 Å². The lowest BCUT2D eigenvalue weighted by Gasteiger charge is -2.16. The summed E-state index contributed by atoms with van der Waals surface area (Å²) in [6, 6.07) is 73.3. The van der Waals surface area contributed by atoms with Gasteiger partial charge in [-0.25, -0.2) is 0 Å². The third-order valence-corrected chi connectivity index (χ3v) is 14.5. The summed E-state index contributed by atoms with van der Waals surface area (Å²) < 4.78 is 9.90. The van der Waals surface area contributed by atoms with Gasteiger partial charge in [-0.15, -0.1) is 0 Å². The van der Waals surface area contributed by atoms with Gasteiger partial charge in [0, 0.05) is 65.8 Å². The van der Waals surface area contributed by atoms with Gasteiger partial charge in [0.2, 0.25) is 0 Å². The Labute approximate surface area is 380 Å². The lowest BCUT2D eigenvalue weighted by molar-refractivity contribution is 1.14. The monoisotopic (exact) mass is 844 g/mol. The normalized spacial score (nSPS) is 12.2. The van der Waals surface area contributed by atoms with Crippen LogP contribution in [-0.4, -0.2) is 17.9 Å². The van der Waals surface area contributed by atoms with Crippen molar-refractivity contribution in [3.8, 4) is 11.4 Å². The van der Waals surface area contributed by atoms with Crippen LogP contribution in [-0.2, 0) is 0 Å². The van der Waals surface area contributed by atoms with Gasteiger partial charge in [-0.05, 0) is 145 Å². The lowest BCUT2D eigenvalue weighted by Crippen LogP contribution is -1.99. The Morgan fingerprint density at radius 2 is 0.667 bits per heavy atom. The number of fused-ring (bicyclic) bond motifs is 6. The van der Waals surface area contributed by atoms with Gasteiger partial charge in [0.25, 0.3) is 0 Å². The summed E-state index contributed by atoms with van der Waals surface area (Å²) >= 11 is 0. The second-order valence-corrected chi connectivity index (χ2v) is 18.5. The molecule has 0 aliphatic carbocycles. The SMILES string of the molecule is Cc1ccc(-n2c3ccc(cc3)n(-c3ccc(C)cc3)c3ccc4c5cccc(C)c5n(c4c3)c3ccc4ccc5c6c(ccc3c46)ccc5n3c4cc2ccc4c2cccc(C)c23)cc1. The predicted octanol–water partition coefficient (Wildman–Crippen LogP) is 16.5. The molecule has 12 bridgehead atoms. The van der Waals surface area contributed by atoms with E-state index >= 15 is 0 Å². The molecule has 0 aliphatic rings. The second kappa shape index (κ2) is 13.6. The molecule has 0 spiro atoms. The first-order valence-electron chi connectivity index (χ1n) is 23.0. The predicted molar refractivity (Wildman–Crippen MR) is 281 cm³/mol. The molecule has 11 aromatic carbocycles. The number of aryl methyl sites for hydroxylation is 4. The Balaban J connectivity index is 1.28. The zero-order valence-electron chi connectivity index (χ0n) is 37.3. The Morgan fingerprint density at radius 1 is 0.288 bits per heavy atom. The zero-order valence-corrected chi connectivity index (χ0v) is 37.3. The summed E-state index contributed by atoms with van der Waals surface area (Å²) in [5.74, 6) is 0. The molecule has 0 amide bonds. The molecule has 0 atom stereocenters. The van der Waals surface area contributed by atoms with Crippen molar-refractivity contribution in [1.82, 2.24) is 17.9 Å². The Morgan fingerprint density at radius 3 is 1.09 bits per heavy atom. The average molecular weight is 845 g/mol. The van der Waals surface area contributed by atoms with E-state index in [0.29, 0.717) is 0 Å². The van der Waals surface area contributed by atoms with Gasteiger partial charge >= 0.3 is 0 Å². The molecule has 0 saturated carbocycles. The van der Waals surface area contributed by atoms with Crippen LogP contribution in [0.5, 0.6) is 0 Å². The van der Waals surface area contributed by atoms with Crippen LogP contribution < -0.4 is 0 Å². The number of rotatable bonds is 2. The van der Waals surface area contributed by atoms with E-state index in [4.69, 9.17) is 0 Å². The quantitative estimate of drug-likeness (QED) is 0.154. The van der Waals surface area contributed by atoms with E-state index in [-0.39, 0.29) is 0 Å². The first kappa shape index (κ1) is 37.1. The summed E-state index contributed by atoms with van der Waals surface area (Å²) in [6.45, 7) is 8.82. The maximum atomic E-state index is 2.54. The molecule has 15 aromatic rings. The fourth-order valence-corrected chi connectivity index (χ4v) is 11.4. The minimum absolute atomic E-state index is 1.09. The van der Waals surface area contributed by atoms with Gasteiger partial charge in [0.15, 0.2) is 0 Å². The van der Waals surface area contributed by atoms with Gasteiger partial charge < -0.3 is 17.9 Å². The molecule has 0 N–H and O–H groups in total. The Kier molecular flexibility index (Phi) is 7.63. The summed E-state index contributed by atoms with van der Waals surface area (Å²) in [7, 11) is 0. The number of nitrogens with zero attached hydrogens (tertiary/aromatic N) is 4. The maximum Gasteiger partial charge on any atom is 0.0570 e. The fourth-order valence-electron chi connectivity index (χ4n) is 11.4. The Bertz CT molecular complexity index is 4170. The molecule has 66 heavy (non-hydrogen) atoms. The molecule has 4 aromatic heterocycles. The first-order valence-corrected chi connectivity index (χ1v) is 23.0. The van der Waals surface area contributed by atoms with Crippen molar-refractivity contribution in [2.24, 2.45) is 0 Å². The van der Waals surface area contributed by atoms with Crippen LogP contribution >= 0.6 is 0 Å². The minimum Gasteiger partial charge on any atom is -0.310 e. The molecule has 0 aliphatic heterocycles. The molecule has 4 heteroatoms. The molecule has 4 heterocycles. The standard InChI is InChI=1S/C62H44N4/c1-37-11-19-43(20-12-37)63-45-23-25-46(26-24-45)64(44-21-13-38(2)14-22-44)48-28-32-50-52-10-6-8-40(4)62(52)66(58(50)36-48)56-34-18-42-15-29-53-55(33-17-41-16-30-54(56)60(42)59(41)53)65-57-35-47(63)27-31-49(57)51-9-5-7-39(3)61(51)65/h5-36H,1-4H3. The summed E-state index contributed by atoms with van der Waals surface area (Å²) in [5.41, 5.74) is 18.7. The Hall–Kier alpha value is -8.34. The van der Waals surface area contributed by atoms with E-state index in [1.807, 2.05) is 0 Å². The summed E-state index contributed by atoms with van der Waals surface area (Å²) in [6.07, 6.45) is 0. The van der Waals surface area contributed by atoms with Gasteiger partial charge in [0.1, 0.15) is 0 Å². The van der Waals surface area contributed by atoms with E-state index in [0.717, 1.165) is 33.4 Å². The zero-order chi connectivity index (χ0) is 43.9. The number of benzene rings is 11. The molecule has 15 rings (SSSR count). The smallest absolute Gasteiger partial charge is 0.0570 e. The topological polar surface area (TPSA) is 18.7 Å². The van der Waals surface area contributed by atoms with Gasteiger partial charge in [-0.2, -0.15) is 0 Å². The summed E-state index contributed by atoms with van der Waals surface area (Å²) in [5, 5.41) is 12.5. The van der Waals surface area contributed by atoms with Gasteiger partial charge in [-0.3, -0.25) is 0 Å². The van der Waals surface area contributed by atoms with E-state index in [1.165, 1.54) is 109 Å². The first-order chi connectivity index (χ1) is 32.4. The molecule has 0 unspecified atom stereocenters. The number of para-hydroxylation sites is 2. The number of hydrogen-bond donors (Lipinski definition) is 0. The average Bonchev–Trinajstić information content (AvgIpc) is 3.86. The van der Waals surface area contributed by atoms with Crippen molar-refractivity contribution < 1.29 is 0 Å². The van der Waals surface area contributed by atoms with Crippen LogP contribution in [0.3, 0.4) is 0 Å². The lowest BCUT2D eigenvalue weighted by atomic mass is 9.93. The minimum atomic E-state index is 1.09. The van der Waals surface area contributed by atoms with Crippen molar-refractivity contribution in [3.63, 3.8) is 0 Å².